The minimum absolute atomic E-state index is 0.485. The number of hydrogen-bond acceptors (Lipinski definition) is 3. The molecule has 1 N–H and O–H groups in total. The average molecular weight is 384 g/mol. The lowest BCUT2D eigenvalue weighted by molar-refractivity contribution is -0.466. The number of hydrogen-bond donors (Lipinski definition) is 1. The molecule has 3 aromatic carbocycles. The second-order valence-electron chi connectivity index (χ2n) is 8.03. The molecule has 1 heterocycles. The van der Waals surface area contributed by atoms with Crippen LogP contribution in [0.3, 0.4) is 0 Å². The topological polar surface area (TPSA) is 35.7 Å². The lowest BCUT2D eigenvalue weighted by Gasteiger charge is -2.30. The van der Waals surface area contributed by atoms with Crippen LogP contribution < -0.4 is 4.74 Å². The molecule has 5 heteroatoms. The Labute approximate surface area is 164 Å². The molecule has 0 saturated heterocycles. The van der Waals surface area contributed by atoms with Crippen molar-refractivity contribution in [3.8, 4) is 5.75 Å². The quantitative estimate of drug-likeness (QED) is 0.489. The van der Waals surface area contributed by atoms with Crippen molar-refractivity contribution in [1.82, 2.24) is 5.06 Å². The molecule has 0 atom stereocenters. The number of methoxy groups -OCH3 is 1. The van der Waals surface area contributed by atoms with E-state index in [1.807, 2.05) is 76.2 Å². The Hall–Kier alpha value is -2.30. The van der Waals surface area contributed by atoms with E-state index in [1.54, 1.807) is 11.2 Å². The number of ether oxygens (including phenoxy) is 1. The lowest BCUT2D eigenvalue weighted by atomic mass is 9.84. The Morgan fingerprint density at radius 3 is 1.70 bits per heavy atom. The van der Waals surface area contributed by atoms with Gasteiger partial charge in [-0.3, -0.25) is 0 Å². The van der Waals surface area contributed by atoms with Gasteiger partial charge in [0.05, 0.1) is 12.7 Å². The van der Waals surface area contributed by atoms with E-state index in [0.717, 1.165) is 32.9 Å². The third kappa shape index (κ3) is 2.23. The van der Waals surface area contributed by atoms with Crippen LogP contribution in [0.25, 0.3) is 21.5 Å². The van der Waals surface area contributed by atoms with Crippen LogP contribution >= 0.6 is 11.8 Å². The fraction of sp³-hybridized carbons (Fsp3) is 0.318. The predicted molar refractivity (Wildman–Crippen MR) is 110 cm³/mol. The van der Waals surface area contributed by atoms with Crippen molar-refractivity contribution in [3.63, 3.8) is 0 Å². The van der Waals surface area contributed by atoms with Gasteiger partial charge >= 0.3 is 5.84 Å². The molecule has 3 aromatic rings. The highest BCUT2D eigenvalue weighted by atomic mass is 35.5. The van der Waals surface area contributed by atoms with Gasteiger partial charge in [-0.2, -0.15) is 0 Å². The standard InChI is InChI=1S/C22H24ClN2O2/c1-21(2)22(3,4)25(26)20(24(21)23)18-14-10-6-8-12-16(14)19(27-5)17-13-9-7-11-15(17)18/h6-13,26H,1-5H3/q+1. The van der Waals surface area contributed by atoms with Gasteiger partial charge in [-0.1, -0.05) is 48.5 Å². The van der Waals surface area contributed by atoms with Crippen molar-refractivity contribution in [2.75, 3.05) is 7.11 Å². The van der Waals surface area contributed by atoms with Gasteiger partial charge in [-0.25, -0.2) is 5.21 Å². The van der Waals surface area contributed by atoms with Gasteiger partial charge in [0, 0.05) is 21.5 Å². The summed E-state index contributed by atoms with van der Waals surface area (Å²) in [6.45, 7) is 8.04. The highest BCUT2D eigenvalue weighted by Gasteiger charge is 2.61. The van der Waals surface area contributed by atoms with Crippen LogP contribution in [-0.2, 0) is 0 Å². The monoisotopic (exact) mass is 383 g/mol. The third-order valence-electron chi connectivity index (χ3n) is 6.21. The zero-order valence-electron chi connectivity index (χ0n) is 16.2. The maximum atomic E-state index is 11.2. The second-order valence-corrected chi connectivity index (χ2v) is 8.37. The van der Waals surface area contributed by atoms with Gasteiger partial charge in [-0.15, -0.1) is 9.16 Å². The first-order valence-corrected chi connectivity index (χ1v) is 9.37. The zero-order valence-corrected chi connectivity index (χ0v) is 17.0. The van der Waals surface area contributed by atoms with E-state index in [9.17, 15) is 5.21 Å². The molecule has 1 aliphatic heterocycles. The molecule has 0 saturated carbocycles. The van der Waals surface area contributed by atoms with E-state index in [-0.39, 0.29) is 0 Å². The van der Waals surface area contributed by atoms with Gasteiger partial charge in [0.1, 0.15) is 17.5 Å². The average Bonchev–Trinajstić information content (AvgIpc) is 2.77. The minimum Gasteiger partial charge on any atom is -0.495 e. The van der Waals surface area contributed by atoms with Crippen LogP contribution in [-0.4, -0.2) is 38.4 Å². The van der Waals surface area contributed by atoms with Gasteiger partial charge in [0.2, 0.25) is 0 Å². The van der Waals surface area contributed by atoms with Crippen LogP contribution in [0.2, 0.25) is 0 Å². The molecule has 0 spiro atoms. The number of nitrogens with zero attached hydrogens (tertiary/aromatic N) is 2. The largest absolute Gasteiger partial charge is 0.495 e. The summed E-state index contributed by atoms with van der Waals surface area (Å²) in [6.07, 6.45) is 0. The first-order chi connectivity index (χ1) is 12.7. The third-order valence-corrected chi connectivity index (χ3v) is 6.80. The van der Waals surface area contributed by atoms with Crippen molar-refractivity contribution in [2.24, 2.45) is 0 Å². The van der Waals surface area contributed by atoms with Gasteiger partial charge in [-0.05, 0) is 27.7 Å². The molecule has 1 aliphatic rings. The van der Waals surface area contributed by atoms with E-state index >= 15 is 0 Å². The molecular formula is C22H24ClN2O2+. The van der Waals surface area contributed by atoms with E-state index < -0.39 is 11.1 Å². The van der Waals surface area contributed by atoms with Crippen molar-refractivity contribution in [2.45, 2.75) is 38.8 Å². The number of amidine groups is 1. The van der Waals surface area contributed by atoms with E-state index in [1.165, 1.54) is 5.06 Å². The SMILES string of the molecule is COc1c2ccccc2c(C2=[N+](Cl)C(C)(C)C(C)(C)N2O)c2ccccc12. The maximum absolute atomic E-state index is 11.2. The molecule has 0 fully saturated rings. The second kappa shape index (κ2) is 5.85. The predicted octanol–water partition coefficient (Wildman–Crippen LogP) is 5.18. The number of halogens is 1. The molecule has 0 amide bonds. The Balaban J connectivity index is 2.22. The summed E-state index contributed by atoms with van der Waals surface area (Å²) in [4.78, 5) is 0. The Morgan fingerprint density at radius 2 is 1.33 bits per heavy atom. The van der Waals surface area contributed by atoms with E-state index in [4.69, 9.17) is 16.5 Å². The Kier molecular flexibility index (Phi) is 3.92. The normalized spacial score (nSPS) is 18.6. The molecule has 0 aliphatic carbocycles. The highest BCUT2D eigenvalue weighted by Crippen LogP contribution is 2.44. The summed E-state index contributed by atoms with van der Waals surface area (Å²) >= 11 is 6.82. The maximum Gasteiger partial charge on any atom is 0.329 e. The first-order valence-electron chi connectivity index (χ1n) is 9.03. The number of rotatable bonds is 2. The van der Waals surface area contributed by atoms with Gasteiger partial charge < -0.3 is 4.74 Å². The Morgan fingerprint density at radius 1 is 0.889 bits per heavy atom. The molecule has 4 nitrogen and oxygen atoms in total. The van der Waals surface area contributed by atoms with Crippen molar-refractivity contribution in [1.29, 1.82) is 0 Å². The van der Waals surface area contributed by atoms with Crippen LogP contribution in [0.15, 0.2) is 48.5 Å². The number of fused-ring (bicyclic) bond motifs is 2. The first kappa shape index (κ1) is 18.1. The minimum atomic E-state index is -0.577. The van der Waals surface area contributed by atoms with E-state index in [2.05, 4.69) is 0 Å². The summed E-state index contributed by atoms with van der Waals surface area (Å²) in [7, 11) is 1.69. The number of hydroxylamine groups is 2. The summed E-state index contributed by atoms with van der Waals surface area (Å²) < 4.78 is 7.42. The summed E-state index contributed by atoms with van der Waals surface area (Å²) in [5.74, 6) is 1.41. The van der Waals surface area contributed by atoms with Crippen LogP contribution in [0, 0.1) is 0 Å². The van der Waals surface area contributed by atoms with Crippen LogP contribution in [0.4, 0.5) is 0 Å². The molecular weight excluding hydrogens is 360 g/mol. The van der Waals surface area contributed by atoms with Crippen LogP contribution in [0.5, 0.6) is 5.75 Å². The van der Waals surface area contributed by atoms with Crippen molar-refractivity contribution < 1.29 is 14.0 Å². The molecule has 27 heavy (non-hydrogen) atoms. The van der Waals surface area contributed by atoms with Gasteiger partial charge in [0.15, 0.2) is 11.1 Å². The molecule has 4 rings (SSSR count). The fourth-order valence-corrected chi connectivity index (χ4v) is 4.23. The fourth-order valence-electron chi connectivity index (χ4n) is 3.87. The zero-order chi connectivity index (χ0) is 19.6. The summed E-state index contributed by atoms with van der Waals surface area (Å²) in [5, 5.41) is 16.4. The van der Waals surface area contributed by atoms with Crippen molar-refractivity contribution >= 4 is 39.2 Å². The number of benzene rings is 3. The molecule has 0 bridgehead atoms. The lowest BCUT2D eigenvalue weighted by Crippen LogP contribution is -2.53. The molecule has 0 unspecified atom stereocenters. The molecule has 0 aromatic heterocycles. The van der Waals surface area contributed by atoms with Crippen LogP contribution in [0.1, 0.15) is 33.3 Å². The molecule has 0 radical (unpaired) electrons. The summed E-state index contributed by atoms with van der Waals surface area (Å²) in [5.41, 5.74) is -0.161. The van der Waals surface area contributed by atoms with E-state index in [0.29, 0.717) is 5.84 Å². The van der Waals surface area contributed by atoms with Crippen molar-refractivity contribution in [3.05, 3.63) is 54.1 Å². The molecule has 140 valence electrons. The summed E-state index contributed by atoms with van der Waals surface area (Å²) in [6, 6.07) is 16.1. The van der Waals surface area contributed by atoms with Gasteiger partial charge in [0.25, 0.3) is 0 Å². The highest BCUT2D eigenvalue weighted by molar-refractivity contribution is 6.23. The smallest absolute Gasteiger partial charge is 0.329 e. The Bertz CT molecular complexity index is 1050.